The van der Waals surface area contributed by atoms with Crippen LogP contribution >= 0.6 is 0 Å². The van der Waals surface area contributed by atoms with Crippen molar-refractivity contribution in [3.05, 3.63) is 0 Å². The van der Waals surface area contributed by atoms with Crippen LogP contribution in [0.2, 0.25) is 0 Å². The van der Waals surface area contributed by atoms with Gasteiger partial charge in [-0.3, -0.25) is 9.59 Å². The van der Waals surface area contributed by atoms with E-state index in [1.54, 1.807) is 6.92 Å². The van der Waals surface area contributed by atoms with Crippen molar-refractivity contribution in [1.82, 2.24) is 4.90 Å². The van der Waals surface area contributed by atoms with Gasteiger partial charge in [0, 0.05) is 5.92 Å². The number of rotatable bonds is 4. The summed E-state index contributed by atoms with van der Waals surface area (Å²) in [5.41, 5.74) is -0.804. The van der Waals surface area contributed by atoms with Gasteiger partial charge < -0.3 is 15.1 Å². The summed E-state index contributed by atoms with van der Waals surface area (Å²) >= 11 is 0. The fraction of sp³-hybridized carbons (Fsp3) is 0.833. The Morgan fingerprint density at radius 2 is 1.59 bits per heavy atom. The third kappa shape index (κ3) is 2.60. The first kappa shape index (κ1) is 14.0. The van der Waals surface area contributed by atoms with Gasteiger partial charge in [0.2, 0.25) is 5.91 Å². The van der Waals surface area contributed by atoms with Crippen molar-refractivity contribution in [2.45, 2.75) is 33.3 Å². The number of aliphatic carboxylic acids is 1. The Balaban J connectivity index is 2.55. The molecule has 0 aliphatic carbocycles. The minimum Gasteiger partial charge on any atom is -0.481 e. The number of likely N-dealkylation sites (tertiary alicyclic amines) is 1. The highest BCUT2D eigenvalue weighted by Gasteiger charge is 2.47. The molecule has 0 aromatic heterocycles. The normalized spacial score (nSPS) is 21.9. The van der Waals surface area contributed by atoms with Crippen molar-refractivity contribution >= 4 is 11.9 Å². The van der Waals surface area contributed by atoms with Gasteiger partial charge in [-0.25, -0.2) is 0 Å². The first-order valence-electron chi connectivity index (χ1n) is 5.93. The monoisotopic (exact) mass is 243 g/mol. The molecule has 0 spiro atoms. The highest BCUT2D eigenvalue weighted by Crippen LogP contribution is 2.30. The van der Waals surface area contributed by atoms with E-state index < -0.39 is 23.4 Å². The molecule has 0 aromatic rings. The second-order valence-electron chi connectivity index (χ2n) is 5.37. The number of carboxylic acid groups (broad SMARTS) is 1. The number of carboxylic acids is 1. The Labute approximate surface area is 101 Å². The van der Waals surface area contributed by atoms with Crippen LogP contribution in [-0.2, 0) is 9.59 Å². The first-order valence-corrected chi connectivity index (χ1v) is 5.93. The molecular formula is C12H21NO4. The molecule has 5 heteroatoms. The van der Waals surface area contributed by atoms with Crippen molar-refractivity contribution in [1.29, 1.82) is 0 Å². The number of aliphatic hydroxyl groups is 1. The Hall–Kier alpha value is -1.10. The van der Waals surface area contributed by atoms with Crippen LogP contribution in [-0.4, -0.2) is 45.7 Å². The summed E-state index contributed by atoms with van der Waals surface area (Å²) in [7, 11) is 0. The predicted molar refractivity (Wildman–Crippen MR) is 62.3 cm³/mol. The Kier molecular flexibility index (Phi) is 3.81. The molecule has 0 radical (unpaired) electrons. The summed E-state index contributed by atoms with van der Waals surface area (Å²) in [5, 5.41) is 18.9. The molecule has 1 aliphatic heterocycles. The van der Waals surface area contributed by atoms with Crippen molar-refractivity contribution in [2.24, 2.45) is 17.8 Å². The zero-order chi connectivity index (χ0) is 13.4. The smallest absolute Gasteiger partial charge is 0.307 e. The van der Waals surface area contributed by atoms with Gasteiger partial charge in [-0.15, -0.1) is 0 Å². The summed E-state index contributed by atoms with van der Waals surface area (Å²) in [6.07, 6.45) is 0. The molecule has 2 atom stereocenters. The molecule has 1 saturated heterocycles. The van der Waals surface area contributed by atoms with Crippen molar-refractivity contribution in [3.63, 3.8) is 0 Å². The number of nitrogens with zero attached hydrogens (tertiary/aromatic N) is 1. The standard InChI is InChI=1S/C12H21NO4/c1-7(2)12(17)5-13(6-12)10(14)8(3)9(4)11(15)16/h7-9,17H,5-6H2,1-4H3,(H,15,16). The van der Waals surface area contributed by atoms with Crippen LogP contribution in [0.5, 0.6) is 0 Å². The molecular weight excluding hydrogens is 222 g/mol. The fourth-order valence-corrected chi connectivity index (χ4v) is 1.85. The summed E-state index contributed by atoms with van der Waals surface area (Å²) in [6, 6.07) is 0. The van der Waals surface area contributed by atoms with E-state index in [0.717, 1.165) is 0 Å². The van der Waals surface area contributed by atoms with Crippen LogP contribution in [0.25, 0.3) is 0 Å². The van der Waals surface area contributed by atoms with Crippen molar-refractivity contribution < 1.29 is 19.8 Å². The van der Waals surface area contributed by atoms with Gasteiger partial charge in [-0.05, 0) is 5.92 Å². The SMILES string of the molecule is CC(C(=O)O)C(C)C(=O)N1CC(O)(C(C)C)C1. The predicted octanol–water partition coefficient (Wildman–Crippen LogP) is 0.572. The molecule has 2 unspecified atom stereocenters. The third-order valence-electron chi connectivity index (χ3n) is 3.84. The summed E-state index contributed by atoms with van der Waals surface area (Å²) < 4.78 is 0. The van der Waals surface area contributed by atoms with Crippen LogP contribution in [0.4, 0.5) is 0 Å². The van der Waals surface area contributed by atoms with Crippen molar-refractivity contribution in [3.8, 4) is 0 Å². The summed E-state index contributed by atoms with van der Waals surface area (Å²) in [5.74, 6) is -2.31. The highest BCUT2D eigenvalue weighted by atomic mass is 16.4. The third-order valence-corrected chi connectivity index (χ3v) is 3.84. The minimum atomic E-state index is -0.967. The van der Waals surface area contributed by atoms with E-state index >= 15 is 0 Å². The molecule has 1 fully saturated rings. The molecule has 1 heterocycles. The maximum Gasteiger partial charge on any atom is 0.307 e. The van der Waals surface area contributed by atoms with E-state index in [1.165, 1.54) is 11.8 Å². The lowest BCUT2D eigenvalue weighted by Gasteiger charge is -2.50. The lowest BCUT2D eigenvalue weighted by molar-refractivity contribution is -0.170. The Bertz CT molecular complexity index is 320. The van der Waals surface area contributed by atoms with Gasteiger partial charge in [-0.2, -0.15) is 0 Å². The highest BCUT2D eigenvalue weighted by molar-refractivity contribution is 5.85. The average molecular weight is 243 g/mol. The van der Waals surface area contributed by atoms with E-state index in [2.05, 4.69) is 0 Å². The molecule has 2 N–H and O–H groups in total. The quantitative estimate of drug-likeness (QED) is 0.757. The van der Waals surface area contributed by atoms with Crippen LogP contribution in [0, 0.1) is 17.8 Å². The minimum absolute atomic E-state index is 0.0961. The van der Waals surface area contributed by atoms with E-state index in [0.29, 0.717) is 13.1 Å². The van der Waals surface area contributed by atoms with Crippen LogP contribution in [0.1, 0.15) is 27.7 Å². The second-order valence-corrected chi connectivity index (χ2v) is 5.37. The summed E-state index contributed by atoms with van der Waals surface area (Å²) in [4.78, 5) is 24.3. The zero-order valence-corrected chi connectivity index (χ0v) is 10.8. The lowest BCUT2D eigenvalue weighted by Crippen LogP contribution is -2.67. The Morgan fingerprint density at radius 3 is 1.94 bits per heavy atom. The molecule has 0 saturated carbocycles. The molecule has 98 valence electrons. The number of amides is 1. The van der Waals surface area contributed by atoms with Gasteiger partial charge in [0.05, 0.1) is 19.0 Å². The first-order chi connectivity index (χ1) is 7.69. The second kappa shape index (κ2) is 4.64. The van der Waals surface area contributed by atoms with Gasteiger partial charge >= 0.3 is 5.97 Å². The molecule has 5 nitrogen and oxygen atoms in total. The van der Waals surface area contributed by atoms with Gasteiger partial charge in [-0.1, -0.05) is 27.7 Å². The molecule has 1 amide bonds. The fourth-order valence-electron chi connectivity index (χ4n) is 1.85. The average Bonchev–Trinajstić information content (AvgIpc) is 2.21. The van der Waals surface area contributed by atoms with E-state index in [-0.39, 0.29) is 11.8 Å². The van der Waals surface area contributed by atoms with Crippen LogP contribution < -0.4 is 0 Å². The number of carbonyl (C=O) groups is 2. The number of carbonyl (C=O) groups excluding carboxylic acids is 1. The largest absolute Gasteiger partial charge is 0.481 e. The molecule has 1 rings (SSSR count). The molecule has 0 aromatic carbocycles. The van der Waals surface area contributed by atoms with Gasteiger partial charge in [0.15, 0.2) is 0 Å². The number of hydrogen-bond acceptors (Lipinski definition) is 3. The van der Waals surface area contributed by atoms with E-state index in [1.807, 2.05) is 13.8 Å². The summed E-state index contributed by atoms with van der Waals surface area (Å²) in [6.45, 7) is 7.57. The number of β-amino-alcohol motifs (C(OH)–C–C–N with tert-alkyl or cyclic N) is 1. The van der Waals surface area contributed by atoms with Crippen molar-refractivity contribution in [2.75, 3.05) is 13.1 Å². The topological polar surface area (TPSA) is 77.8 Å². The molecule has 17 heavy (non-hydrogen) atoms. The van der Waals surface area contributed by atoms with Gasteiger partial charge in [0.25, 0.3) is 0 Å². The Morgan fingerprint density at radius 1 is 1.12 bits per heavy atom. The van der Waals surface area contributed by atoms with Gasteiger partial charge in [0.1, 0.15) is 5.60 Å². The maximum atomic E-state index is 11.9. The zero-order valence-electron chi connectivity index (χ0n) is 10.8. The van der Waals surface area contributed by atoms with E-state index in [9.17, 15) is 14.7 Å². The van der Waals surface area contributed by atoms with Crippen LogP contribution in [0.15, 0.2) is 0 Å². The van der Waals surface area contributed by atoms with E-state index in [4.69, 9.17) is 5.11 Å². The van der Waals surface area contributed by atoms with Crippen LogP contribution in [0.3, 0.4) is 0 Å². The maximum absolute atomic E-state index is 11.9. The molecule has 1 aliphatic rings. The lowest BCUT2D eigenvalue weighted by atomic mass is 9.81. The molecule has 0 bridgehead atoms. The number of hydrogen-bond donors (Lipinski definition) is 2.